The van der Waals surface area contributed by atoms with Crippen LogP contribution in [0, 0.1) is 0 Å². The van der Waals surface area contributed by atoms with Crippen LogP contribution in [-0.4, -0.2) is 24.1 Å². The van der Waals surface area contributed by atoms with E-state index < -0.39 is 0 Å². The first-order valence-electron chi connectivity index (χ1n) is 8.34. The first-order chi connectivity index (χ1) is 10.7. The molecule has 1 aliphatic rings. The first kappa shape index (κ1) is 16.7. The Morgan fingerprint density at radius 1 is 1.09 bits per heavy atom. The number of benzene rings is 1. The van der Waals surface area contributed by atoms with E-state index in [4.69, 9.17) is 9.47 Å². The average Bonchev–Trinajstić information content (AvgIpc) is 2.97. The number of unbranched alkanes of at least 4 members (excludes halogenated alkanes) is 5. The summed E-state index contributed by atoms with van der Waals surface area (Å²) in [5.41, 5.74) is 1.09. The number of carbonyl (C=O) groups excluding carboxylic acids is 1. The Hall–Kier alpha value is -1.71. The molecule has 2 rings (SSSR count). The summed E-state index contributed by atoms with van der Waals surface area (Å²) in [6, 6.07) is 5.89. The number of amides is 1. The van der Waals surface area contributed by atoms with E-state index in [2.05, 4.69) is 6.92 Å². The molecule has 0 fully saturated rings. The van der Waals surface area contributed by atoms with Crippen molar-refractivity contribution in [2.24, 2.45) is 0 Å². The maximum absolute atomic E-state index is 11.8. The number of fused-ring (bicyclic) bond motifs is 1. The highest BCUT2D eigenvalue weighted by Gasteiger charge is 2.15. The first-order valence-corrected chi connectivity index (χ1v) is 8.34. The zero-order valence-corrected chi connectivity index (χ0v) is 13.8. The van der Waals surface area contributed by atoms with Crippen molar-refractivity contribution in [3.63, 3.8) is 0 Å². The molecule has 0 radical (unpaired) electrons. The fourth-order valence-corrected chi connectivity index (χ4v) is 2.69. The predicted molar refractivity (Wildman–Crippen MR) is 87.0 cm³/mol. The van der Waals surface area contributed by atoms with Crippen molar-refractivity contribution in [2.45, 2.75) is 58.9 Å². The molecule has 22 heavy (non-hydrogen) atoms. The Balaban J connectivity index is 1.80. The van der Waals surface area contributed by atoms with Gasteiger partial charge in [-0.15, -0.1) is 0 Å². The van der Waals surface area contributed by atoms with Crippen LogP contribution in [-0.2, 0) is 11.3 Å². The van der Waals surface area contributed by atoms with Gasteiger partial charge in [-0.05, 0) is 24.1 Å². The molecule has 0 spiro atoms. The van der Waals surface area contributed by atoms with Gasteiger partial charge in [-0.25, -0.2) is 0 Å². The summed E-state index contributed by atoms with van der Waals surface area (Å²) in [5, 5.41) is 0. The minimum absolute atomic E-state index is 0.131. The fourth-order valence-electron chi connectivity index (χ4n) is 2.69. The highest BCUT2D eigenvalue weighted by Crippen LogP contribution is 2.32. The van der Waals surface area contributed by atoms with E-state index in [1.165, 1.54) is 32.1 Å². The van der Waals surface area contributed by atoms with Crippen LogP contribution in [0.2, 0.25) is 0 Å². The number of ether oxygens (including phenoxy) is 2. The van der Waals surface area contributed by atoms with Gasteiger partial charge in [0.15, 0.2) is 11.5 Å². The van der Waals surface area contributed by atoms with Gasteiger partial charge in [0.05, 0.1) is 0 Å². The normalized spacial score (nSPS) is 12.5. The third-order valence-electron chi connectivity index (χ3n) is 4.04. The van der Waals surface area contributed by atoms with Gasteiger partial charge in [-0.2, -0.15) is 0 Å². The Labute approximate surface area is 133 Å². The highest BCUT2D eigenvalue weighted by molar-refractivity contribution is 5.73. The van der Waals surface area contributed by atoms with Crippen molar-refractivity contribution in [2.75, 3.05) is 13.3 Å². The standard InChI is InChI=1S/C18H27NO3/c1-3-4-5-6-7-8-11-19(15(2)20)13-16-9-10-17-18(12-16)22-14-21-17/h9-10,12H,3-8,11,13-14H2,1-2H3. The molecule has 4 nitrogen and oxygen atoms in total. The van der Waals surface area contributed by atoms with Gasteiger partial charge >= 0.3 is 0 Å². The third-order valence-corrected chi connectivity index (χ3v) is 4.04. The van der Waals surface area contributed by atoms with Crippen LogP contribution in [0.5, 0.6) is 11.5 Å². The van der Waals surface area contributed by atoms with Crippen LogP contribution in [0.25, 0.3) is 0 Å². The molecule has 0 aliphatic carbocycles. The molecular formula is C18H27NO3. The van der Waals surface area contributed by atoms with Crippen molar-refractivity contribution in [1.82, 2.24) is 4.90 Å². The Bertz CT molecular complexity index is 487. The Kier molecular flexibility index (Phi) is 6.56. The summed E-state index contributed by atoms with van der Waals surface area (Å²) in [4.78, 5) is 13.7. The Morgan fingerprint density at radius 2 is 1.82 bits per heavy atom. The SMILES string of the molecule is CCCCCCCCN(Cc1ccc2c(c1)OCO2)C(C)=O. The van der Waals surface area contributed by atoms with Crippen LogP contribution in [0.4, 0.5) is 0 Å². The maximum atomic E-state index is 11.8. The van der Waals surface area contributed by atoms with E-state index in [1.807, 2.05) is 23.1 Å². The molecule has 1 aromatic carbocycles. The summed E-state index contributed by atoms with van der Waals surface area (Å²) in [7, 11) is 0. The second-order valence-electron chi connectivity index (χ2n) is 5.90. The van der Waals surface area contributed by atoms with E-state index >= 15 is 0 Å². The molecule has 0 N–H and O–H groups in total. The quantitative estimate of drug-likeness (QED) is 0.644. The molecule has 1 aliphatic heterocycles. The lowest BCUT2D eigenvalue weighted by molar-refractivity contribution is -0.129. The smallest absolute Gasteiger partial charge is 0.231 e. The summed E-state index contributed by atoms with van der Waals surface area (Å²) in [6.07, 6.45) is 7.43. The molecule has 0 aromatic heterocycles. The van der Waals surface area contributed by atoms with Crippen molar-refractivity contribution in [3.8, 4) is 11.5 Å². The molecule has 0 saturated carbocycles. The van der Waals surface area contributed by atoms with E-state index in [0.717, 1.165) is 30.0 Å². The van der Waals surface area contributed by atoms with Gasteiger partial charge in [0.25, 0.3) is 0 Å². The van der Waals surface area contributed by atoms with Crippen molar-refractivity contribution >= 4 is 5.91 Å². The van der Waals surface area contributed by atoms with Gasteiger partial charge in [0.1, 0.15) is 0 Å². The minimum Gasteiger partial charge on any atom is -0.454 e. The van der Waals surface area contributed by atoms with Gasteiger partial charge in [0, 0.05) is 20.0 Å². The molecule has 0 atom stereocenters. The van der Waals surface area contributed by atoms with E-state index in [0.29, 0.717) is 6.54 Å². The lowest BCUT2D eigenvalue weighted by atomic mass is 10.1. The Morgan fingerprint density at radius 3 is 2.59 bits per heavy atom. The second kappa shape index (κ2) is 8.66. The zero-order valence-electron chi connectivity index (χ0n) is 13.8. The van der Waals surface area contributed by atoms with Crippen LogP contribution in [0.3, 0.4) is 0 Å². The summed E-state index contributed by atoms with van der Waals surface area (Å²) >= 11 is 0. The van der Waals surface area contributed by atoms with Gasteiger partial charge in [-0.3, -0.25) is 4.79 Å². The van der Waals surface area contributed by atoms with Crippen molar-refractivity contribution in [3.05, 3.63) is 23.8 Å². The van der Waals surface area contributed by atoms with E-state index in [1.54, 1.807) is 6.92 Å². The topological polar surface area (TPSA) is 38.8 Å². The van der Waals surface area contributed by atoms with Crippen molar-refractivity contribution < 1.29 is 14.3 Å². The maximum Gasteiger partial charge on any atom is 0.231 e. The molecular weight excluding hydrogens is 278 g/mol. The number of hydrogen-bond donors (Lipinski definition) is 0. The third kappa shape index (κ3) is 4.93. The van der Waals surface area contributed by atoms with Crippen molar-refractivity contribution in [1.29, 1.82) is 0 Å². The number of rotatable bonds is 9. The molecule has 0 bridgehead atoms. The zero-order chi connectivity index (χ0) is 15.8. The monoisotopic (exact) mass is 305 g/mol. The molecule has 4 heteroatoms. The van der Waals surface area contributed by atoms with Gasteiger partial charge in [0.2, 0.25) is 12.7 Å². The lowest BCUT2D eigenvalue weighted by Crippen LogP contribution is -2.29. The second-order valence-corrected chi connectivity index (χ2v) is 5.90. The number of carbonyl (C=O) groups is 1. The average molecular weight is 305 g/mol. The lowest BCUT2D eigenvalue weighted by Gasteiger charge is -2.21. The van der Waals surface area contributed by atoms with Crippen LogP contribution in [0.1, 0.15) is 57.9 Å². The molecule has 0 unspecified atom stereocenters. The molecule has 122 valence electrons. The van der Waals surface area contributed by atoms with Crippen LogP contribution >= 0.6 is 0 Å². The van der Waals surface area contributed by atoms with Gasteiger partial charge in [-0.1, -0.05) is 45.1 Å². The molecule has 0 saturated heterocycles. The summed E-state index contributed by atoms with van der Waals surface area (Å²) in [5.74, 6) is 1.70. The molecule has 1 heterocycles. The van der Waals surface area contributed by atoms with E-state index in [-0.39, 0.29) is 12.7 Å². The minimum atomic E-state index is 0.131. The fraction of sp³-hybridized carbons (Fsp3) is 0.611. The van der Waals surface area contributed by atoms with Gasteiger partial charge < -0.3 is 14.4 Å². The summed E-state index contributed by atoms with van der Waals surface area (Å²) < 4.78 is 10.7. The number of hydrogen-bond acceptors (Lipinski definition) is 3. The van der Waals surface area contributed by atoms with Crippen LogP contribution < -0.4 is 9.47 Å². The van der Waals surface area contributed by atoms with E-state index in [9.17, 15) is 4.79 Å². The summed E-state index contributed by atoms with van der Waals surface area (Å²) in [6.45, 7) is 5.62. The highest BCUT2D eigenvalue weighted by atomic mass is 16.7. The molecule has 1 amide bonds. The predicted octanol–water partition coefficient (Wildman–Crippen LogP) is 4.12. The van der Waals surface area contributed by atoms with Crippen LogP contribution in [0.15, 0.2) is 18.2 Å². The largest absolute Gasteiger partial charge is 0.454 e. The number of nitrogens with zero attached hydrogens (tertiary/aromatic N) is 1. The molecule has 1 aromatic rings.